The summed E-state index contributed by atoms with van der Waals surface area (Å²) in [6.07, 6.45) is 5.46. The summed E-state index contributed by atoms with van der Waals surface area (Å²) >= 11 is 4.85. The van der Waals surface area contributed by atoms with Crippen LogP contribution in [-0.2, 0) is 6.54 Å². The molecule has 0 atom stereocenters. The number of Topliss-reactive ketones (excluding diaryl/α,β-unsaturated/α-hetero) is 1. The third kappa shape index (κ3) is 3.63. The molecule has 0 bridgehead atoms. The zero-order chi connectivity index (χ0) is 18.0. The minimum absolute atomic E-state index is 0.0436. The Balaban J connectivity index is 2.08. The molecule has 1 aromatic heterocycles. The molecule has 0 spiro atoms. The quantitative estimate of drug-likeness (QED) is 0.481. The molecule has 1 heterocycles. The zero-order valence-corrected chi connectivity index (χ0v) is 15.7. The zero-order valence-electron chi connectivity index (χ0n) is 13.3. The van der Waals surface area contributed by atoms with E-state index >= 15 is 0 Å². The Morgan fingerprint density at radius 3 is 2.52 bits per heavy atom. The Bertz CT molecular complexity index is 1090. The van der Waals surface area contributed by atoms with E-state index < -0.39 is 0 Å². The number of benzene rings is 2. The van der Waals surface area contributed by atoms with Gasteiger partial charge in [0.25, 0.3) is 5.91 Å². The van der Waals surface area contributed by atoms with Crippen LogP contribution in [0.2, 0.25) is 0 Å². The van der Waals surface area contributed by atoms with Gasteiger partial charge in [-0.15, -0.1) is 6.42 Å². The molecular formula is C19H13BrN2O2S. The summed E-state index contributed by atoms with van der Waals surface area (Å²) < 4.78 is 3.78. The molecule has 3 rings (SSSR count). The molecule has 1 amide bonds. The fourth-order valence-electron chi connectivity index (χ4n) is 2.38. The Morgan fingerprint density at radius 1 is 1.20 bits per heavy atom. The maximum absolute atomic E-state index is 12.5. The van der Waals surface area contributed by atoms with Gasteiger partial charge >= 0.3 is 0 Å². The number of carbonyl (C=O) groups is 2. The highest BCUT2D eigenvalue weighted by atomic mass is 79.9. The average molecular weight is 413 g/mol. The molecule has 0 aliphatic carbocycles. The number of nitrogens with zero attached hydrogens (tertiary/aromatic N) is 2. The number of terminal acetylenes is 1. The lowest BCUT2D eigenvalue weighted by atomic mass is 10.1. The van der Waals surface area contributed by atoms with E-state index in [0.29, 0.717) is 22.5 Å². The van der Waals surface area contributed by atoms with Crippen LogP contribution in [0.15, 0.2) is 51.9 Å². The number of aromatic nitrogens is 1. The van der Waals surface area contributed by atoms with Crippen LogP contribution >= 0.6 is 27.3 Å². The number of hydrogen-bond donors (Lipinski definition) is 0. The lowest BCUT2D eigenvalue weighted by molar-refractivity contribution is 0.0991. The lowest BCUT2D eigenvalue weighted by Gasteiger charge is -2.00. The molecule has 0 aliphatic rings. The Kier molecular flexibility index (Phi) is 4.98. The number of amides is 1. The van der Waals surface area contributed by atoms with Gasteiger partial charge < -0.3 is 4.57 Å². The molecule has 25 heavy (non-hydrogen) atoms. The average Bonchev–Trinajstić information content (AvgIpc) is 2.91. The molecule has 3 aromatic rings. The first-order valence-electron chi connectivity index (χ1n) is 7.42. The van der Waals surface area contributed by atoms with E-state index in [-0.39, 0.29) is 11.7 Å². The topological polar surface area (TPSA) is 51.4 Å². The van der Waals surface area contributed by atoms with Gasteiger partial charge in [-0.25, -0.2) is 0 Å². The van der Waals surface area contributed by atoms with Crippen LogP contribution in [0.3, 0.4) is 0 Å². The van der Waals surface area contributed by atoms with Crippen molar-refractivity contribution in [2.24, 2.45) is 4.99 Å². The van der Waals surface area contributed by atoms with Gasteiger partial charge in [-0.05, 0) is 37.3 Å². The SMILES string of the molecule is C#CCn1c(=NC(=O)c2ccc(C(C)=O)cc2)sc2cc(Br)ccc21. The highest BCUT2D eigenvalue weighted by molar-refractivity contribution is 9.10. The third-order valence-corrected chi connectivity index (χ3v) is 5.16. The summed E-state index contributed by atoms with van der Waals surface area (Å²) in [6, 6.07) is 12.3. The van der Waals surface area contributed by atoms with E-state index in [0.717, 1.165) is 14.7 Å². The number of ketones is 1. The summed E-state index contributed by atoms with van der Waals surface area (Å²) in [5.41, 5.74) is 1.92. The van der Waals surface area contributed by atoms with Crippen LogP contribution in [0.25, 0.3) is 10.2 Å². The van der Waals surface area contributed by atoms with Gasteiger partial charge in [0.05, 0.1) is 16.8 Å². The van der Waals surface area contributed by atoms with Crippen LogP contribution in [0, 0.1) is 12.3 Å². The smallest absolute Gasteiger partial charge is 0.279 e. The van der Waals surface area contributed by atoms with Gasteiger partial charge in [-0.2, -0.15) is 4.99 Å². The first-order chi connectivity index (χ1) is 12.0. The maximum Gasteiger partial charge on any atom is 0.279 e. The van der Waals surface area contributed by atoms with Crippen molar-refractivity contribution in [3.05, 3.63) is 62.9 Å². The summed E-state index contributed by atoms with van der Waals surface area (Å²) in [5.74, 6) is 2.19. The second-order valence-corrected chi connectivity index (χ2v) is 7.26. The molecule has 0 fully saturated rings. The minimum Gasteiger partial charge on any atom is -0.305 e. The van der Waals surface area contributed by atoms with E-state index in [9.17, 15) is 9.59 Å². The van der Waals surface area contributed by atoms with Crippen molar-refractivity contribution in [1.29, 1.82) is 0 Å². The monoisotopic (exact) mass is 412 g/mol. The van der Waals surface area contributed by atoms with Crippen molar-refractivity contribution in [3.63, 3.8) is 0 Å². The maximum atomic E-state index is 12.5. The first-order valence-corrected chi connectivity index (χ1v) is 9.03. The minimum atomic E-state index is -0.369. The molecule has 0 N–H and O–H groups in total. The summed E-state index contributed by atoms with van der Waals surface area (Å²) in [5, 5.41) is 0. The molecule has 4 nitrogen and oxygen atoms in total. The van der Waals surface area contributed by atoms with Crippen LogP contribution in [0.5, 0.6) is 0 Å². The van der Waals surface area contributed by atoms with Crippen molar-refractivity contribution in [2.45, 2.75) is 13.5 Å². The third-order valence-electron chi connectivity index (χ3n) is 3.63. The molecule has 124 valence electrons. The number of halogens is 1. The van der Waals surface area contributed by atoms with Gasteiger partial charge in [-0.3, -0.25) is 9.59 Å². The van der Waals surface area contributed by atoms with Crippen molar-refractivity contribution in [2.75, 3.05) is 0 Å². The van der Waals surface area contributed by atoms with E-state index in [4.69, 9.17) is 6.42 Å². The van der Waals surface area contributed by atoms with Crippen LogP contribution < -0.4 is 4.80 Å². The molecule has 0 saturated carbocycles. The Morgan fingerprint density at radius 2 is 1.88 bits per heavy atom. The molecule has 0 radical (unpaired) electrons. The van der Waals surface area contributed by atoms with Gasteiger partial charge in [0.15, 0.2) is 10.6 Å². The largest absolute Gasteiger partial charge is 0.305 e. The van der Waals surface area contributed by atoms with E-state index in [1.807, 2.05) is 22.8 Å². The number of hydrogen-bond acceptors (Lipinski definition) is 3. The van der Waals surface area contributed by atoms with Gasteiger partial charge in [0.2, 0.25) is 0 Å². The predicted octanol–water partition coefficient (Wildman–Crippen LogP) is 4.04. The number of carbonyl (C=O) groups excluding carboxylic acids is 2. The van der Waals surface area contributed by atoms with E-state index in [1.54, 1.807) is 24.3 Å². The van der Waals surface area contributed by atoms with Gasteiger partial charge in [0, 0.05) is 15.6 Å². The Labute approximate surface area is 157 Å². The van der Waals surface area contributed by atoms with Crippen LogP contribution in [-0.4, -0.2) is 16.3 Å². The summed E-state index contributed by atoms with van der Waals surface area (Å²) in [7, 11) is 0. The highest BCUT2D eigenvalue weighted by Gasteiger charge is 2.10. The number of thiazole rings is 1. The normalized spacial score (nSPS) is 11.5. The molecule has 6 heteroatoms. The van der Waals surface area contributed by atoms with Crippen LogP contribution in [0.1, 0.15) is 27.6 Å². The molecule has 0 unspecified atom stereocenters. The molecule has 2 aromatic carbocycles. The standard InChI is InChI=1S/C19H13BrN2O2S/c1-3-10-22-16-9-8-15(20)11-17(16)25-19(22)21-18(24)14-6-4-13(5-7-14)12(2)23/h1,4-9,11H,10H2,2H3. The summed E-state index contributed by atoms with van der Waals surface area (Å²) in [6.45, 7) is 1.82. The highest BCUT2D eigenvalue weighted by Crippen LogP contribution is 2.22. The van der Waals surface area contributed by atoms with Crippen molar-refractivity contribution in [3.8, 4) is 12.3 Å². The second kappa shape index (κ2) is 7.18. The summed E-state index contributed by atoms with van der Waals surface area (Å²) in [4.78, 5) is 28.6. The van der Waals surface area contributed by atoms with Gasteiger partial charge in [0.1, 0.15) is 0 Å². The fourth-order valence-corrected chi connectivity index (χ4v) is 3.96. The lowest BCUT2D eigenvalue weighted by Crippen LogP contribution is -2.16. The molecule has 0 saturated heterocycles. The van der Waals surface area contributed by atoms with Gasteiger partial charge in [-0.1, -0.05) is 45.3 Å². The van der Waals surface area contributed by atoms with E-state index in [1.165, 1.54) is 18.3 Å². The van der Waals surface area contributed by atoms with E-state index in [2.05, 4.69) is 26.8 Å². The number of rotatable bonds is 3. The first kappa shape index (κ1) is 17.3. The van der Waals surface area contributed by atoms with Crippen molar-refractivity contribution in [1.82, 2.24) is 4.57 Å². The second-order valence-electron chi connectivity index (χ2n) is 5.34. The van der Waals surface area contributed by atoms with Crippen LogP contribution in [0.4, 0.5) is 0 Å². The van der Waals surface area contributed by atoms with Crippen molar-refractivity contribution >= 4 is 49.2 Å². The fraction of sp³-hybridized carbons (Fsp3) is 0.105. The Hall–Kier alpha value is -2.49. The molecular weight excluding hydrogens is 400 g/mol. The predicted molar refractivity (Wildman–Crippen MR) is 103 cm³/mol. The molecule has 0 aliphatic heterocycles. The number of fused-ring (bicyclic) bond motifs is 1. The van der Waals surface area contributed by atoms with Crippen molar-refractivity contribution < 1.29 is 9.59 Å².